The number of fused-ring (bicyclic) bond motifs is 2. The van der Waals surface area contributed by atoms with Gasteiger partial charge in [-0.25, -0.2) is 0 Å². The first-order valence-electron chi connectivity index (χ1n) is 6.30. The Morgan fingerprint density at radius 1 is 1.05 bits per heavy atom. The van der Waals surface area contributed by atoms with Gasteiger partial charge in [0, 0.05) is 14.7 Å². The van der Waals surface area contributed by atoms with Crippen LogP contribution in [0.25, 0.3) is 0 Å². The van der Waals surface area contributed by atoms with Gasteiger partial charge in [-0.05, 0) is 12.1 Å². The summed E-state index contributed by atoms with van der Waals surface area (Å²) in [6, 6.07) is 8.94. The summed E-state index contributed by atoms with van der Waals surface area (Å²) in [6.45, 7) is 0. The maximum absolute atomic E-state index is 12.5. The van der Waals surface area contributed by atoms with Gasteiger partial charge in [0.15, 0.2) is 0 Å². The van der Waals surface area contributed by atoms with Crippen molar-refractivity contribution in [3.8, 4) is 0 Å². The van der Waals surface area contributed by atoms with Gasteiger partial charge in [-0.3, -0.25) is 9.59 Å². The van der Waals surface area contributed by atoms with E-state index in [1.165, 1.54) is 0 Å². The van der Waals surface area contributed by atoms with Crippen LogP contribution in [0, 0.1) is 11.8 Å². The lowest BCUT2D eigenvalue weighted by molar-refractivity contribution is -0.146. The van der Waals surface area contributed by atoms with Crippen LogP contribution in [0.2, 0.25) is 0 Å². The predicted molar refractivity (Wildman–Crippen MR) is 83.2 cm³/mol. The van der Waals surface area contributed by atoms with Crippen molar-refractivity contribution in [3.05, 3.63) is 39.3 Å². The zero-order chi connectivity index (χ0) is 15.1. The first kappa shape index (κ1) is 14.7. The summed E-state index contributed by atoms with van der Waals surface area (Å²) in [5.41, 5.74) is 0.633. The van der Waals surface area contributed by atoms with Crippen molar-refractivity contribution in [1.82, 2.24) is 0 Å². The van der Waals surface area contributed by atoms with Crippen molar-refractivity contribution < 1.29 is 19.4 Å². The number of carboxylic acids is 1. The van der Waals surface area contributed by atoms with Gasteiger partial charge in [0.25, 0.3) is 0 Å². The van der Waals surface area contributed by atoms with Crippen LogP contribution in [0.4, 0.5) is 5.69 Å². The molecule has 7 heteroatoms. The summed E-state index contributed by atoms with van der Waals surface area (Å²) in [6.07, 6.45) is -1.18. The van der Waals surface area contributed by atoms with Crippen LogP contribution < -0.4 is 5.32 Å². The molecule has 1 aromatic carbocycles. The quantitative estimate of drug-likeness (QED) is 0.794. The number of hydrogen-bond donors (Lipinski definition) is 2. The highest BCUT2D eigenvalue weighted by Crippen LogP contribution is 2.51. The molecule has 2 heterocycles. The maximum Gasteiger partial charge on any atom is 0.310 e. The number of carbonyl (C=O) groups is 2. The standard InChI is InChI=1S/C14H11Br2NO4/c15-9-10(16)12-8(14(19)20)7(11(9)21-12)13(18)17-6-4-2-1-3-5-6/h1-5,7-8,11-12H,(H,17,18)(H,19,20). The molecular formula is C14H11Br2NO4. The van der Waals surface area contributed by atoms with Crippen LogP contribution in [0.1, 0.15) is 0 Å². The van der Waals surface area contributed by atoms with Gasteiger partial charge in [0.05, 0.1) is 5.92 Å². The number of anilines is 1. The molecule has 0 radical (unpaired) electrons. The molecule has 2 N–H and O–H groups in total. The van der Waals surface area contributed by atoms with Crippen molar-refractivity contribution in [1.29, 1.82) is 0 Å². The second kappa shape index (κ2) is 5.55. The Labute approximate surface area is 137 Å². The van der Waals surface area contributed by atoms with E-state index in [9.17, 15) is 14.7 Å². The van der Waals surface area contributed by atoms with E-state index in [1.54, 1.807) is 24.3 Å². The van der Waals surface area contributed by atoms with Crippen LogP contribution in [0.5, 0.6) is 0 Å². The number of hydrogen-bond acceptors (Lipinski definition) is 3. The van der Waals surface area contributed by atoms with E-state index >= 15 is 0 Å². The first-order valence-corrected chi connectivity index (χ1v) is 7.88. The fourth-order valence-electron chi connectivity index (χ4n) is 2.74. The minimum absolute atomic E-state index is 0.349. The van der Waals surface area contributed by atoms with E-state index in [2.05, 4.69) is 37.2 Å². The highest BCUT2D eigenvalue weighted by atomic mass is 79.9. The molecule has 2 aliphatic heterocycles. The number of ether oxygens (including phenoxy) is 1. The largest absolute Gasteiger partial charge is 0.481 e. The molecule has 0 spiro atoms. The second-order valence-corrected chi connectivity index (χ2v) is 6.63. The predicted octanol–water partition coefficient (Wildman–Crippen LogP) is 2.72. The Kier molecular flexibility index (Phi) is 3.90. The number of rotatable bonds is 3. The molecule has 110 valence electrons. The SMILES string of the molecule is O=C(O)C1C2OC(C(Br)=C2Br)C1C(=O)Nc1ccccc1. The molecule has 1 aromatic rings. The molecule has 2 bridgehead atoms. The van der Waals surface area contributed by atoms with E-state index in [4.69, 9.17) is 4.74 Å². The van der Waals surface area contributed by atoms with Gasteiger partial charge in [-0.1, -0.05) is 50.1 Å². The molecule has 1 saturated heterocycles. The van der Waals surface area contributed by atoms with Gasteiger partial charge < -0.3 is 15.2 Å². The van der Waals surface area contributed by atoms with Gasteiger partial charge in [-0.2, -0.15) is 0 Å². The summed E-state index contributed by atoms with van der Waals surface area (Å²) in [5, 5.41) is 12.2. The van der Waals surface area contributed by atoms with Gasteiger partial charge in [0.2, 0.25) is 5.91 Å². The van der Waals surface area contributed by atoms with Gasteiger partial charge in [-0.15, -0.1) is 0 Å². The number of carboxylic acid groups (broad SMARTS) is 1. The lowest BCUT2D eigenvalue weighted by atomic mass is 9.82. The zero-order valence-corrected chi connectivity index (χ0v) is 13.8. The molecule has 0 aliphatic carbocycles. The Bertz CT molecular complexity index is 631. The fraction of sp³-hybridized carbons (Fsp3) is 0.286. The normalized spacial score (nSPS) is 30.6. The zero-order valence-electron chi connectivity index (χ0n) is 10.6. The number of benzene rings is 1. The van der Waals surface area contributed by atoms with Crippen LogP contribution in [0.15, 0.2) is 39.3 Å². The lowest BCUT2D eigenvalue weighted by Crippen LogP contribution is -2.40. The van der Waals surface area contributed by atoms with Crippen molar-refractivity contribution in [2.45, 2.75) is 12.2 Å². The Morgan fingerprint density at radius 2 is 1.62 bits per heavy atom. The van der Waals surface area contributed by atoms with E-state index in [-0.39, 0.29) is 5.91 Å². The highest BCUT2D eigenvalue weighted by Gasteiger charge is 2.58. The van der Waals surface area contributed by atoms with Gasteiger partial charge in [0.1, 0.15) is 18.1 Å². The average molecular weight is 417 g/mol. The maximum atomic E-state index is 12.5. The Morgan fingerprint density at radius 3 is 2.19 bits per heavy atom. The monoisotopic (exact) mass is 415 g/mol. The van der Waals surface area contributed by atoms with Crippen LogP contribution in [0.3, 0.4) is 0 Å². The Hall–Kier alpha value is -1.18. The molecule has 3 rings (SSSR count). The van der Waals surface area contributed by atoms with Crippen molar-refractivity contribution in [2.24, 2.45) is 11.8 Å². The van der Waals surface area contributed by atoms with Gasteiger partial charge >= 0.3 is 5.97 Å². The fourth-order valence-corrected chi connectivity index (χ4v) is 3.98. The molecule has 4 atom stereocenters. The van der Waals surface area contributed by atoms with E-state index in [0.717, 1.165) is 0 Å². The average Bonchev–Trinajstić information content (AvgIpc) is 2.98. The highest BCUT2D eigenvalue weighted by molar-refractivity contribution is 9.14. The lowest BCUT2D eigenvalue weighted by Gasteiger charge is -2.24. The minimum Gasteiger partial charge on any atom is -0.481 e. The molecule has 5 nitrogen and oxygen atoms in total. The van der Waals surface area contributed by atoms with Crippen LogP contribution >= 0.6 is 31.9 Å². The van der Waals surface area contributed by atoms with Crippen molar-refractivity contribution in [2.75, 3.05) is 5.32 Å². The smallest absolute Gasteiger partial charge is 0.310 e. The first-order chi connectivity index (χ1) is 10.0. The third-order valence-corrected chi connectivity index (χ3v) is 5.98. The Balaban J connectivity index is 1.87. The molecule has 1 amide bonds. The summed E-state index contributed by atoms with van der Waals surface area (Å²) in [7, 11) is 0. The van der Waals surface area contributed by atoms with E-state index in [0.29, 0.717) is 14.7 Å². The number of carbonyl (C=O) groups excluding carboxylic acids is 1. The van der Waals surface area contributed by atoms with Crippen LogP contribution in [-0.2, 0) is 14.3 Å². The summed E-state index contributed by atoms with van der Waals surface area (Å²) in [5.74, 6) is -3.04. The number of halogens is 2. The van der Waals surface area contributed by atoms with Crippen molar-refractivity contribution in [3.63, 3.8) is 0 Å². The minimum atomic E-state index is -1.03. The number of para-hydroxylation sites is 1. The van der Waals surface area contributed by atoms with E-state index < -0.39 is 30.0 Å². The summed E-state index contributed by atoms with van der Waals surface area (Å²) in [4.78, 5) is 24.0. The number of nitrogens with one attached hydrogen (secondary N) is 1. The molecule has 0 aromatic heterocycles. The molecule has 0 saturated carbocycles. The molecule has 2 aliphatic rings. The molecule has 21 heavy (non-hydrogen) atoms. The molecule has 4 unspecified atom stereocenters. The van der Waals surface area contributed by atoms with Crippen molar-refractivity contribution >= 4 is 49.4 Å². The number of amides is 1. The molecular weight excluding hydrogens is 406 g/mol. The second-order valence-electron chi connectivity index (χ2n) is 4.92. The number of aliphatic carboxylic acids is 1. The third kappa shape index (κ3) is 2.43. The van der Waals surface area contributed by atoms with Crippen LogP contribution in [-0.4, -0.2) is 29.2 Å². The molecule has 1 fully saturated rings. The summed E-state index contributed by atoms with van der Waals surface area (Å²) < 4.78 is 7.01. The summed E-state index contributed by atoms with van der Waals surface area (Å²) >= 11 is 6.69. The topological polar surface area (TPSA) is 75.6 Å². The third-order valence-electron chi connectivity index (χ3n) is 3.69. The van der Waals surface area contributed by atoms with E-state index in [1.807, 2.05) is 6.07 Å².